The lowest BCUT2D eigenvalue weighted by molar-refractivity contribution is -0.144. The van der Waals surface area contributed by atoms with E-state index in [0.29, 0.717) is 29.8 Å². The molecule has 5 aliphatic rings. The van der Waals surface area contributed by atoms with Crippen LogP contribution in [-0.4, -0.2) is 64.6 Å². The average Bonchev–Trinajstić information content (AvgIpc) is 3.41. The van der Waals surface area contributed by atoms with Crippen molar-refractivity contribution in [1.29, 1.82) is 0 Å². The van der Waals surface area contributed by atoms with Gasteiger partial charge >= 0.3 is 5.97 Å². The number of benzene rings is 2. The number of amides is 1. The van der Waals surface area contributed by atoms with Crippen LogP contribution in [0.1, 0.15) is 101 Å². The van der Waals surface area contributed by atoms with Gasteiger partial charge in [-0.2, -0.15) is 0 Å². The lowest BCUT2D eigenvalue weighted by Gasteiger charge is -2.60. The van der Waals surface area contributed by atoms with Crippen molar-refractivity contribution in [1.82, 2.24) is 9.80 Å². The van der Waals surface area contributed by atoms with E-state index < -0.39 is 5.97 Å². The first-order valence-corrected chi connectivity index (χ1v) is 18.3. The van der Waals surface area contributed by atoms with Crippen LogP contribution in [0.25, 0.3) is 0 Å². The van der Waals surface area contributed by atoms with Crippen LogP contribution in [0.3, 0.4) is 0 Å². The summed E-state index contributed by atoms with van der Waals surface area (Å²) in [6.45, 7) is 7.96. The Balaban J connectivity index is 1.19. The minimum atomic E-state index is -0.430. The predicted octanol–water partition coefficient (Wildman–Crippen LogP) is 7.12. The Bertz CT molecular complexity index is 1470. The van der Waals surface area contributed by atoms with E-state index in [9.17, 15) is 14.7 Å². The monoisotopic (exact) mass is 640 g/mol. The molecule has 1 N–H and O–H groups in total. The minimum absolute atomic E-state index is 0.0535. The molecule has 7 rings (SSSR count). The van der Waals surface area contributed by atoms with Gasteiger partial charge < -0.3 is 19.5 Å². The highest BCUT2D eigenvalue weighted by Gasteiger charge is 2.67. The van der Waals surface area contributed by atoms with E-state index in [0.717, 1.165) is 82.1 Å². The van der Waals surface area contributed by atoms with Crippen LogP contribution >= 0.6 is 0 Å². The molecule has 0 unspecified atom stereocenters. The fraction of sp³-hybridized carbons (Fsp3) is 0.600. The normalized spacial score (nSPS) is 27.9. The summed E-state index contributed by atoms with van der Waals surface area (Å²) >= 11 is 0. The zero-order valence-corrected chi connectivity index (χ0v) is 28.1. The van der Waals surface area contributed by atoms with Crippen molar-refractivity contribution < 1.29 is 24.2 Å². The Morgan fingerprint density at radius 3 is 2.68 bits per heavy atom. The van der Waals surface area contributed by atoms with E-state index in [-0.39, 0.29) is 35.3 Å². The Morgan fingerprint density at radius 2 is 1.91 bits per heavy atom. The maximum Gasteiger partial charge on any atom is 0.308 e. The number of ether oxygens (including phenoxy) is 2. The molecule has 2 heterocycles. The van der Waals surface area contributed by atoms with Crippen molar-refractivity contribution in [3.63, 3.8) is 0 Å². The fourth-order valence-electron chi connectivity index (χ4n) is 10.2. The Hall–Kier alpha value is -3.32. The second-order valence-corrected chi connectivity index (χ2v) is 14.9. The molecular weight excluding hydrogens is 588 g/mol. The van der Waals surface area contributed by atoms with Crippen LogP contribution in [0.2, 0.25) is 0 Å². The molecule has 2 bridgehead atoms. The molecule has 2 aliphatic heterocycles. The summed E-state index contributed by atoms with van der Waals surface area (Å²) in [5, 5.41) is 11.4. The summed E-state index contributed by atoms with van der Waals surface area (Å²) in [4.78, 5) is 31.4. The zero-order valence-electron chi connectivity index (χ0n) is 28.1. The second-order valence-electron chi connectivity index (χ2n) is 14.9. The molecule has 5 atom stereocenters. The zero-order chi connectivity index (χ0) is 32.5. The van der Waals surface area contributed by atoms with Crippen molar-refractivity contribution in [2.24, 2.45) is 11.8 Å². The summed E-state index contributed by atoms with van der Waals surface area (Å²) in [5.74, 6) is 1.80. The Morgan fingerprint density at radius 1 is 1.11 bits per heavy atom. The predicted molar refractivity (Wildman–Crippen MR) is 183 cm³/mol. The van der Waals surface area contributed by atoms with Gasteiger partial charge in [-0.05, 0) is 81.7 Å². The van der Waals surface area contributed by atoms with Crippen LogP contribution in [0.15, 0.2) is 49.1 Å². The van der Waals surface area contributed by atoms with Gasteiger partial charge in [0.05, 0.1) is 6.04 Å². The van der Waals surface area contributed by atoms with Crippen molar-refractivity contribution in [3.8, 4) is 17.2 Å². The van der Waals surface area contributed by atoms with Gasteiger partial charge in [0.2, 0.25) is 5.91 Å². The number of piperidine rings is 1. The third kappa shape index (κ3) is 5.98. The highest BCUT2D eigenvalue weighted by Crippen LogP contribution is 2.65. The third-order valence-corrected chi connectivity index (χ3v) is 12.2. The van der Waals surface area contributed by atoms with E-state index in [2.05, 4.69) is 46.7 Å². The van der Waals surface area contributed by atoms with Crippen LogP contribution in [0.5, 0.6) is 17.2 Å². The molecule has 0 radical (unpaired) electrons. The number of phenolic OH excluding ortho intramolecular Hbond substituents is 1. The number of esters is 1. The molecule has 1 spiro atoms. The van der Waals surface area contributed by atoms with Gasteiger partial charge in [0.1, 0.15) is 11.9 Å². The molecule has 7 nitrogen and oxygen atoms in total. The molecule has 2 aromatic rings. The molecule has 0 aromatic heterocycles. The number of carbonyl (C=O) groups excluding carboxylic acids is 2. The quantitative estimate of drug-likeness (QED) is 0.115. The van der Waals surface area contributed by atoms with Gasteiger partial charge in [0, 0.05) is 55.1 Å². The number of aromatic hydroxyl groups is 1. The van der Waals surface area contributed by atoms with Gasteiger partial charge in [-0.3, -0.25) is 14.5 Å². The molecule has 1 saturated heterocycles. The number of aryl methyl sites for hydroxylation is 1. The summed E-state index contributed by atoms with van der Waals surface area (Å²) in [7, 11) is 0. The molecule has 2 aromatic carbocycles. The van der Waals surface area contributed by atoms with E-state index in [1.54, 1.807) is 6.07 Å². The highest BCUT2D eigenvalue weighted by atomic mass is 16.6. The summed E-state index contributed by atoms with van der Waals surface area (Å²) in [5.41, 5.74) is 3.00. The van der Waals surface area contributed by atoms with E-state index >= 15 is 0 Å². The van der Waals surface area contributed by atoms with Gasteiger partial charge in [-0.15, -0.1) is 6.58 Å². The number of likely N-dealkylation sites (tertiary alicyclic amines) is 1. The van der Waals surface area contributed by atoms with Crippen LogP contribution in [0, 0.1) is 11.8 Å². The van der Waals surface area contributed by atoms with Crippen molar-refractivity contribution in [2.45, 2.75) is 120 Å². The maximum absolute atomic E-state index is 14.4. The van der Waals surface area contributed by atoms with Gasteiger partial charge in [0.15, 0.2) is 11.5 Å². The summed E-state index contributed by atoms with van der Waals surface area (Å²) in [6.07, 6.45) is 16.0. The first-order chi connectivity index (χ1) is 22.9. The van der Waals surface area contributed by atoms with E-state index in [4.69, 9.17) is 9.47 Å². The Kier molecular flexibility index (Phi) is 9.37. The third-order valence-electron chi connectivity index (χ3n) is 12.2. The number of carbonyl (C=O) groups is 2. The molecule has 3 fully saturated rings. The minimum Gasteiger partial charge on any atom is -0.508 e. The number of rotatable bonds is 12. The van der Waals surface area contributed by atoms with Crippen molar-refractivity contribution >= 4 is 11.9 Å². The molecule has 252 valence electrons. The van der Waals surface area contributed by atoms with Crippen LogP contribution in [0.4, 0.5) is 0 Å². The number of hydrogen-bond donors (Lipinski definition) is 1. The molecule has 2 saturated carbocycles. The molecule has 47 heavy (non-hydrogen) atoms. The number of nitrogens with zero attached hydrogens (tertiary/aromatic N) is 2. The molecule has 1 amide bonds. The Labute approximate surface area is 280 Å². The number of unbranched alkanes of at least 4 members (excludes halogenated alkanes) is 2. The highest BCUT2D eigenvalue weighted by molar-refractivity contribution is 5.77. The first-order valence-electron chi connectivity index (χ1n) is 18.3. The largest absolute Gasteiger partial charge is 0.508 e. The number of hydrogen-bond acceptors (Lipinski definition) is 6. The molecular formula is C40H52N2O5. The van der Waals surface area contributed by atoms with Crippen LogP contribution < -0.4 is 9.47 Å². The number of phenols is 1. The van der Waals surface area contributed by atoms with Gasteiger partial charge in [-0.25, -0.2) is 0 Å². The lowest BCUT2D eigenvalue weighted by atomic mass is 9.50. The molecule has 7 heteroatoms. The van der Waals surface area contributed by atoms with Crippen LogP contribution in [-0.2, 0) is 27.8 Å². The topological polar surface area (TPSA) is 79.3 Å². The average molecular weight is 641 g/mol. The summed E-state index contributed by atoms with van der Waals surface area (Å²) < 4.78 is 12.8. The lowest BCUT2D eigenvalue weighted by Crippen LogP contribution is -2.69. The van der Waals surface area contributed by atoms with Gasteiger partial charge in [0.25, 0.3) is 0 Å². The standard InChI is InChI=1S/C40H52N2O5/c1-3-22-41-23-21-40-31-19-20-32(39(40)47-38-35(46-27(2)43)25-34(44)30(37(38)40)24-33(31)41)42(26-29-16-10-5-11-17-29)36(45)18-12-6-9-15-28-13-7-4-8-14-28/h3-4,7-8,13-14,25,29,31-33,39,44H,1,5-6,9-12,15-24,26H2,2H3/t31-,32+,33+,39-,40-/m0/s1. The van der Waals surface area contributed by atoms with Crippen molar-refractivity contribution in [2.75, 3.05) is 19.6 Å². The SMILES string of the molecule is C=CCN1CC[C@]23c4c5c(O)cc(OC(C)=O)c4O[C@H]2[C@H](N(CC2CCCCC2)C(=O)CCCCCc2ccccc2)CC[C@H]3[C@H]1C5. The smallest absolute Gasteiger partial charge is 0.308 e. The van der Waals surface area contributed by atoms with Gasteiger partial charge in [-0.1, -0.05) is 62.1 Å². The fourth-order valence-corrected chi connectivity index (χ4v) is 10.2. The van der Waals surface area contributed by atoms with E-state index in [1.807, 2.05) is 6.08 Å². The van der Waals surface area contributed by atoms with E-state index in [1.165, 1.54) is 44.6 Å². The second kappa shape index (κ2) is 13.7. The first kappa shape index (κ1) is 32.2. The maximum atomic E-state index is 14.4. The molecule has 3 aliphatic carbocycles. The summed E-state index contributed by atoms with van der Waals surface area (Å²) in [6, 6.07) is 12.4. The van der Waals surface area contributed by atoms with Crippen molar-refractivity contribution in [3.05, 3.63) is 65.7 Å².